The van der Waals surface area contributed by atoms with Crippen molar-refractivity contribution in [2.45, 2.75) is 6.61 Å². The third-order valence-corrected chi connectivity index (χ3v) is 5.86. The Morgan fingerprint density at radius 2 is 1.87 bits per heavy atom. The van der Waals surface area contributed by atoms with Gasteiger partial charge in [0.15, 0.2) is 17.4 Å². The van der Waals surface area contributed by atoms with Gasteiger partial charge in [-0.05, 0) is 38.4 Å². The maximum Gasteiger partial charge on any atom is 0.348 e. The maximum absolute atomic E-state index is 14.3. The third-order valence-electron chi connectivity index (χ3n) is 4.36. The lowest BCUT2D eigenvalue weighted by molar-refractivity contribution is 0.0485. The molecule has 3 rings (SSSR count). The summed E-state index contributed by atoms with van der Waals surface area (Å²) in [6.45, 7) is 0.364. The van der Waals surface area contributed by atoms with Crippen LogP contribution in [0.2, 0.25) is 5.02 Å². The number of halogens is 3. The number of carbonyl (C=O) groups excluding carboxylic acids is 2. The van der Waals surface area contributed by atoms with Gasteiger partial charge in [0.1, 0.15) is 18.1 Å². The van der Waals surface area contributed by atoms with Crippen LogP contribution in [0.3, 0.4) is 0 Å². The molecule has 0 radical (unpaired) electrons. The number of amides is 1. The number of primary amides is 1. The van der Waals surface area contributed by atoms with E-state index >= 15 is 0 Å². The van der Waals surface area contributed by atoms with Gasteiger partial charge in [0.05, 0.1) is 0 Å². The van der Waals surface area contributed by atoms with Crippen molar-refractivity contribution in [3.63, 3.8) is 0 Å². The Balaban J connectivity index is 1.94. The van der Waals surface area contributed by atoms with Crippen molar-refractivity contribution < 1.29 is 27.8 Å². The van der Waals surface area contributed by atoms with Crippen LogP contribution < -0.4 is 10.5 Å². The summed E-state index contributed by atoms with van der Waals surface area (Å²) in [5.41, 5.74) is 5.10. The second kappa shape index (κ2) is 9.59. The van der Waals surface area contributed by atoms with E-state index in [1.54, 1.807) is 18.2 Å². The van der Waals surface area contributed by atoms with Crippen molar-refractivity contribution in [3.05, 3.63) is 63.0 Å². The number of nitrogens with two attached hydrogens (primary N) is 1. The zero-order valence-corrected chi connectivity index (χ0v) is 18.3. The van der Waals surface area contributed by atoms with Gasteiger partial charge in [-0.2, -0.15) is 0 Å². The van der Waals surface area contributed by atoms with Crippen LogP contribution >= 0.6 is 22.9 Å². The van der Waals surface area contributed by atoms with Crippen LogP contribution in [0.4, 0.5) is 8.78 Å². The number of thiophene rings is 1. The Kier molecular flexibility index (Phi) is 7.09. The van der Waals surface area contributed by atoms with Gasteiger partial charge in [0, 0.05) is 32.8 Å². The molecule has 0 aliphatic rings. The Hall–Kier alpha value is -2.75. The molecule has 0 atom stereocenters. The van der Waals surface area contributed by atoms with Crippen molar-refractivity contribution in [3.8, 4) is 5.75 Å². The molecule has 2 N–H and O–H groups in total. The minimum absolute atomic E-state index is 0.173. The molecule has 6 nitrogen and oxygen atoms in total. The van der Waals surface area contributed by atoms with E-state index in [1.807, 2.05) is 19.0 Å². The summed E-state index contributed by atoms with van der Waals surface area (Å²) in [6.07, 6.45) is 0. The number of hydrogen-bond donors (Lipinski definition) is 1. The SMILES string of the molecule is CN(C)CCOC(=O)c1sc2cccc(Cl)c2c1COc1c(F)cc(C(N)=O)cc1F. The quantitative estimate of drug-likeness (QED) is 0.500. The number of esters is 1. The molecule has 0 saturated heterocycles. The average Bonchev–Trinajstić information content (AvgIpc) is 3.07. The molecule has 3 aromatic rings. The molecule has 0 unspecified atom stereocenters. The minimum Gasteiger partial charge on any atom is -0.483 e. The second-order valence-electron chi connectivity index (χ2n) is 6.88. The van der Waals surface area contributed by atoms with Crippen molar-refractivity contribution >= 4 is 44.9 Å². The zero-order chi connectivity index (χ0) is 22.7. The smallest absolute Gasteiger partial charge is 0.348 e. The summed E-state index contributed by atoms with van der Waals surface area (Å²) in [7, 11) is 3.69. The number of hydrogen-bond acceptors (Lipinski definition) is 6. The van der Waals surface area contributed by atoms with E-state index < -0.39 is 29.3 Å². The summed E-state index contributed by atoms with van der Waals surface area (Å²) in [4.78, 5) is 25.9. The molecule has 1 heterocycles. The van der Waals surface area contributed by atoms with E-state index in [0.717, 1.165) is 23.5 Å². The fraction of sp³-hybridized carbons (Fsp3) is 0.238. The number of likely N-dealkylation sites (N-methyl/N-ethyl adjacent to an activating group) is 1. The van der Waals surface area contributed by atoms with Gasteiger partial charge in [0.2, 0.25) is 5.91 Å². The predicted molar refractivity (Wildman–Crippen MR) is 115 cm³/mol. The molecule has 0 bridgehead atoms. The number of carbonyl (C=O) groups is 2. The summed E-state index contributed by atoms with van der Waals surface area (Å²) in [5.74, 6) is -4.42. The molecule has 1 amide bonds. The van der Waals surface area contributed by atoms with Gasteiger partial charge in [-0.25, -0.2) is 13.6 Å². The van der Waals surface area contributed by atoms with Crippen molar-refractivity contribution in [2.24, 2.45) is 5.73 Å². The van der Waals surface area contributed by atoms with Crippen LogP contribution in [0.25, 0.3) is 10.1 Å². The molecule has 0 fully saturated rings. The van der Waals surface area contributed by atoms with Crippen LogP contribution in [0, 0.1) is 11.6 Å². The van der Waals surface area contributed by atoms with Crippen molar-refractivity contribution in [1.82, 2.24) is 4.90 Å². The van der Waals surface area contributed by atoms with Crippen LogP contribution in [0.5, 0.6) is 5.75 Å². The number of nitrogens with zero attached hydrogens (tertiary/aromatic N) is 1. The van der Waals surface area contributed by atoms with Gasteiger partial charge >= 0.3 is 5.97 Å². The monoisotopic (exact) mass is 468 g/mol. The Morgan fingerprint density at radius 3 is 2.48 bits per heavy atom. The number of rotatable bonds is 8. The Morgan fingerprint density at radius 1 is 1.19 bits per heavy atom. The lowest BCUT2D eigenvalue weighted by Gasteiger charge is -2.12. The van der Waals surface area contributed by atoms with E-state index in [1.165, 1.54) is 0 Å². The maximum atomic E-state index is 14.3. The topological polar surface area (TPSA) is 81.9 Å². The molecule has 1 aromatic heterocycles. The molecular formula is C21H19ClF2N2O4S. The molecule has 0 aliphatic carbocycles. The van der Waals surface area contributed by atoms with Gasteiger partial charge < -0.3 is 20.1 Å². The first-order valence-electron chi connectivity index (χ1n) is 9.12. The first-order chi connectivity index (χ1) is 14.7. The van der Waals surface area contributed by atoms with E-state index in [4.69, 9.17) is 26.8 Å². The predicted octanol–water partition coefficient (Wildman–Crippen LogP) is 4.23. The number of ether oxygens (including phenoxy) is 2. The molecule has 0 spiro atoms. The number of benzene rings is 2. The number of fused-ring (bicyclic) bond motifs is 1. The lowest BCUT2D eigenvalue weighted by atomic mass is 10.1. The van der Waals surface area contributed by atoms with E-state index in [2.05, 4.69) is 0 Å². The molecule has 31 heavy (non-hydrogen) atoms. The van der Waals surface area contributed by atoms with Gasteiger partial charge in [0.25, 0.3) is 0 Å². The lowest BCUT2D eigenvalue weighted by Crippen LogP contribution is -2.20. The summed E-state index contributed by atoms with van der Waals surface area (Å²) < 4.78 is 40.0. The molecule has 10 heteroatoms. The van der Waals surface area contributed by atoms with Crippen LogP contribution in [0.1, 0.15) is 25.6 Å². The Bertz CT molecular complexity index is 1130. The standard InChI is InChI=1S/C21H19ClF2N2O4S/c1-26(2)6-7-29-21(28)19-12(17-13(22)4-3-5-16(17)31-19)10-30-18-14(23)8-11(20(25)27)9-15(18)24/h3-5,8-9H,6-7,10H2,1-2H3,(H2,25,27). The van der Waals surface area contributed by atoms with Crippen LogP contribution in [-0.4, -0.2) is 44.0 Å². The highest BCUT2D eigenvalue weighted by atomic mass is 35.5. The first kappa shape index (κ1) is 22.9. The summed E-state index contributed by atoms with van der Waals surface area (Å²) in [5, 5.41) is 0.910. The zero-order valence-electron chi connectivity index (χ0n) is 16.7. The molecule has 164 valence electrons. The van der Waals surface area contributed by atoms with Gasteiger partial charge in [-0.3, -0.25) is 4.79 Å². The van der Waals surface area contributed by atoms with Gasteiger partial charge in [-0.1, -0.05) is 17.7 Å². The summed E-state index contributed by atoms with van der Waals surface area (Å²) >= 11 is 7.47. The third kappa shape index (κ3) is 5.12. The van der Waals surface area contributed by atoms with Crippen molar-refractivity contribution in [2.75, 3.05) is 27.2 Å². The van der Waals surface area contributed by atoms with Gasteiger partial charge in [-0.15, -0.1) is 11.3 Å². The van der Waals surface area contributed by atoms with Crippen LogP contribution in [0.15, 0.2) is 30.3 Å². The summed E-state index contributed by atoms with van der Waals surface area (Å²) in [6, 6.07) is 6.72. The molecule has 2 aromatic carbocycles. The fourth-order valence-electron chi connectivity index (χ4n) is 2.84. The van der Waals surface area contributed by atoms with Crippen molar-refractivity contribution in [1.29, 1.82) is 0 Å². The molecule has 0 saturated carbocycles. The van der Waals surface area contributed by atoms with Crippen LogP contribution in [-0.2, 0) is 11.3 Å². The second-order valence-corrected chi connectivity index (χ2v) is 8.34. The largest absolute Gasteiger partial charge is 0.483 e. The highest BCUT2D eigenvalue weighted by Crippen LogP contribution is 2.37. The molecular weight excluding hydrogens is 450 g/mol. The van der Waals surface area contributed by atoms with E-state index in [-0.39, 0.29) is 23.7 Å². The minimum atomic E-state index is -1.09. The molecule has 0 aliphatic heterocycles. The highest BCUT2D eigenvalue weighted by Gasteiger charge is 2.23. The Labute approximate surface area is 186 Å². The van der Waals surface area contributed by atoms with E-state index in [9.17, 15) is 18.4 Å². The fourth-order valence-corrected chi connectivity index (χ4v) is 4.31. The normalized spacial score (nSPS) is 11.2. The highest BCUT2D eigenvalue weighted by molar-refractivity contribution is 7.21. The average molecular weight is 469 g/mol. The van der Waals surface area contributed by atoms with E-state index in [0.29, 0.717) is 27.2 Å². The first-order valence-corrected chi connectivity index (χ1v) is 10.3.